The Morgan fingerprint density at radius 1 is 1.41 bits per heavy atom. The van der Waals surface area contributed by atoms with Crippen LogP contribution in [0.5, 0.6) is 0 Å². The van der Waals surface area contributed by atoms with Gasteiger partial charge in [-0.1, -0.05) is 35.3 Å². The number of carbonyl (C=O) groups excluding carboxylic acids is 1. The zero-order chi connectivity index (χ0) is 13.0. The van der Waals surface area contributed by atoms with Crippen LogP contribution < -0.4 is 5.73 Å². The average molecular weight is 275 g/mol. The van der Waals surface area contributed by atoms with Crippen LogP contribution in [0.4, 0.5) is 0 Å². The van der Waals surface area contributed by atoms with Crippen molar-refractivity contribution in [2.75, 3.05) is 6.54 Å². The van der Waals surface area contributed by atoms with Crippen molar-refractivity contribution in [3.8, 4) is 0 Å². The maximum Gasteiger partial charge on any atom is 0.236 e. The van der Waals surface area contributed by atoms with E-state index in [1.54, 1.807) is 11.0 Å². The van der Waals surface area contributed by atoms with Crippen molar-refractivity contribution in [1.29, 1.82) is 0 Å². The maximum absolute atomic E-state index is 11.7. The lowest BCUT2D eigenvalue weighted by atomic mass is 10.2. The second-order valence-electron chi connectivity index (χ2n) is 4.03. The van der Waals surface area contributed by atoms with Crippen molar-refractivity contribution >= 4 is 29.1 Å². The van der Waals surface area contributed by atoms with Crippen LogP contribution in [0, 0.1) is 0 Å². The van der Waals surface area contributed by atoms with Crippen LogP contribution in [0.25, 0.3) is 0 Å². The van der Waals surface area contributed by atoms with E-state index in [4.69, 9.17) is 28.9 Å². The Bertz CT molecular complexity index is 407. The number of hydrogen-bond acceptors (Lipinski definition) is 2. The number of carbonyl (C=O) groups is 1. The summed E-state index contributed by atoms with van der Waals surface area (Å²) in [5.74, 6) is -0.101. The number of hydrogen-bond donors (Lipinski definition) is 1. The van der Waals surface area contributed by atoms with Crippen molar-refractivity contribution in [2.45, 2.75) is 26.4 Å². The van der Waals surface area contributed by atoms with Gasteiger partial charge in [0.1, 0.15) is 0 Å². The lowest BCUT2D eigenvalue weighted by Crippen LogP contribution is -2.40. The van der Waals surface area contributed by atoms with Crippen LogP contribution >= 0.6 is 23.2 Å². The van der Waals surface area contributed by atoms with E-state index >= 15 is 0 Å². The third-order valence-electron chi connectivity index (χ3n) is 2.49. The maximum atomic E-state index is 11.7. The number of benzene rings is 1. The molecule has 0 aliphatic heterocycles. The van der Waals surface area contributed by atoms with Gasteiger partial charge < -0.3 is 10.6 Å². The first-order valence-electron chi connectivity index (χ1n) is 5.39. The Hall–Kier alpha value is -0.770. The monoisotopic (exact) mass is 274 g/mol. The molecule has 0 radical (unpaired) electrons. The van der Waals surface area contributed by atoms with Crippen molar-refractivity contribution in [1.82, 2.24) is 4.90 Å². The summed E-state index contributed by atoms with van der Waals surface area (Å²) in [6.45, 7) is 4.29. The molecule has 0 unspecified atom stereocenters. The molecule has 5 heteroatoms. The summed E-state index contributed by atoms with van der Waals surface area (Å²) in [5.41, 5.74) is 6.21. The van der Waals surface area contributed by atoms with Gasteiger partial charge in [-0.15, -0.1) is 0 Å². The second kappa shape index (κ2) is 6.24. The van der Waals surface area contributed by atoms with Gasteiger partial charge in [-0.05, 0) is 25.5 Å². The summed E-state index contributed by atoms with van der Waals surface area (Å²) in [6.07, 6.45) is 0. The SMILES string of the molecule is CC(C)N(Cc1cccc(Cl)c1Cl)C(=O)CN. The third kappa shape index (κ3) is 3.60. The number of nitrogens with two attached hydrogens (primary N) is 1. The summed E-state index contributed by atoms with van der Waals surface area (Å²) in [4.78, 5) is 13.4. The smallest absolute Gasteiger partial charge is 0.236 e. The highest BCUT2D eigenvalue weighted by atomic mass is 35.5. The Morgan fingerprint density at radius 2 is 2.06 bits per heavy atom. The molecule has 2 N–H and O–H groups in total. The molecule has 0 aromatic heterocycles. The van der Waals surface area contributed by atoms with Crippen LogP contribution in [0.15, 0.2) is 18.2 Å². The molecule has 17 heavy (non-hydrogen) atoms. The number of nitrogens with zero attached hydrogens (tertiary/aromatic N) is 1. The highest BCUT2D eigenvalue weighted by molar-refractivity contribution is 6.42. The minimum Gasteiger partial charge on any atom is -0.335 e. The third-order valence-corrected chi connectivity index (χ3v) is 3.35. The lowest BCUT2D eigenvalue weighted by molar-refractivity contribution is -0.132. The zero-order valence-electron chi connectivity index (χ0n) is 9.91. The molecule has 0 saturated carbocycles. The molecular weight excluding hydrogens is 259 g/mol. The van der Waals surface area contributed by atoms with Gasteiger partial charge in [-0.2, -0.15) is 0 Å². The van der Waals surface area contributed by atoms with Crippen LogP contribution in [0.3, 0.4) is 0 Å². The summed E-state index contributed by atoms with van der Waals surface area (Å²) in [5, 5.41) is 0.984. The van der Waals surface area contributed by atoms with Gasteiger partial charge in [0.15, 0.2) is 0 Å². The highest BCUT2D eigenvalue weighted by Crippen LogP contribution is 2.26. The molecule has 0 aliphatic carbocycles. The van der Waals surface area contributed by atoms with Crippen molar-refractivity contribution < 1.29 is 4.79 Å². The fourth-order valence-corrected chi connectivity index (χ4v) is 1.91. The number of rotatable bonds is 4. The van der Waals surface area contributed by atoms with Crippen LogP contribution in [0.2, 0.25) is 10.0 Å². The van der Waals surface area contributed by atoms with E-state index in [0.717, 1.165) is 5.56 Å². The highest BCUT2D eigenvalue weighted by Gasteiger charge is 2.17. The Labute approximate surface area is 111 Å². The first-order chi connectivity index (χ1) is 7.97. The van der Waals surface area contributed by atoms with Gasteiger partial charge >= 0.3 is 0 Å². The fourth-order valence-electron chi connectivity index (χ4n) is 1.53. The van der Waals surface area contributed by atoms with Crippen LogP contribution in [-0.4, -0.2) is 23.4 Å². The molecule has 0 bridgehead atoms. The summed E-state index contributed by atoms with van der Waals surface area (Å²) < 4.78 is 0. The molecule has 0 saturated heterocycles. The van der Waals surface area contributed by atoms with Gasteiger partial charge in [0.05, 0.1) is 16.6 Å². The molecular formula is C12H16Cl2N2O. The molecule has 0 heterocycles. The fraction of sp³-hybridized carbons (Fsp3) is 0.417. The van der Waals surface area contributed by atoms with Crippen molar-refractivity contribution in [3.05, 3.63) is 33.8 Å². The normalized spacial score (nSPS) is 10.7. The molecule has 1 rings (SSSR count). The Kier molecular flexibility index (Phi) is 5.25. The first kappa shape index (κ1) is 14.3. The minimum absolute atomic E-state index is 0.00361. The molecule has 0 aliphatic rings. The summed E-state index contributed by atoms with van der Waals surface area (Å²) in [6, 6.07) is 5.46. The topological polar surface area (TPSA) is 46.3 Å². The van der Waals surface area contributed by atoms with E-state index in [1.807, 2.05) is 26.0 Å². The molecule has 0 fully saturated rings. The van der Waals surface area contributed by atoms with E-state index < -0.39 is 0 Å². The summed E-state index contributed by atoms with van der Waals surface area (Å²) in [7, 11) is 0. The Balaban J connectivity index is 2.94. The molecule has 3 nitrogen and oxygen atoms in total. The van der Waals surface area contributed by atoms with Crippen molar-refractivity contribution in [2.24, 2.45) is 5.73 Å². The van der Waals surface area contributed by atoms with E-state index in [2.05, 4.69) is 0 Å². The molecule has 0 atom stereocenters. The van der Waals surface area contributed by atoms with Crippen molar-refractivity contribution in [3.63, 3.8) is 0 Å². The summed E-state index contributed by atoms with van der Waals surface area (Å²) >= 11 is 12.0. The van der Waals surface area contributed by atoms with E-state index in [-0.39, 0.29) is 18.5 Å². The van der Waals surface area contributed by atoms with Gasteiger partial charge in [0, 0.05) is 12.6 Å². The quantitative estimate of drug-likeness (QED) is 0.918. The zero-order valence-corrected chi connectivity index (χ0v) is 11.4. The van der Waals surface area contributed by atoms with Gasteiger partial charge in [-0.3, -0.25) is 4.79 Å². The minimum atomic E-state index is -0.101. The number of amides is 1. The van der Waals surface area contributed by atoms with Gasteiger partial charge in [0.25, 0.3) is 0 Å². The molecule has 1 aromatic carbocycles. The predicted molar refractivity (Wildman–Crippen MR) is 71.2 cm³/mol. The number of halogens is 2. The molecule has 1 amide bonds. The average Bonchev–Trinajstić information content (AvgIpc) is 2.29. The van der Waals surface area contributed by atoms with Crippen LogP contribution in [-0.2, 0) is 11.3 Å². The van der Waals surface area contributed by atoms with Gasteiger partial charge in [0.2, 0.25) is 5.91 Å². The van der Waals surface area contributed by atoms with E-state index in [1.165, 1.54) is 0 Å². The standard InChI is InChI=1S/C12H16Cl2N2O/c1-8(2)16(11(17)6-15)7-9-4-3-5-10(13)12(9)14/h3-5,8H,6-7,15H2,1-2H3. The second-order valence-corrected chi connectivity index (χ2v) is 4.82. The lowest BCUT2D eigenvalue weighted by Gasteiger charge is -2.26. The van der Waals surface area contributed by atoms with E-state index in [0.29, 0.717) is 16.6 Å². The molecule has 94 valence electrons. The molecule has 0 spiro atoms. The van der Waals surface area contributed by atoms with Crippen LogP contribution in [0.1, 0.15) is 19.4 Å². The first-order valence-corrected chi connectivity index (χ1v) is 6.15. The molecule has 1 aromatic rings. The predicted octanol–water partition coefficient (Wildman–Crippen LogP) is 2.69. The van der Waals surface area contributed by atoms with E-state index in [9.17, 15) is 4.79 Å². The largest absolute Gasteiger partial charge is 0.335 e. The Morgan fingerprint density at radius 3 is 2.59 bits per heavy atom. The van der Waals surface area contributed by atoms with Gasteiger partial charge in [-0.25, -0.2) is 0 Å².